The fraction of sp³-hybridized carbons (Fsp3) is 0.800. The smallest absolute Gasteiger partial charge is 0.234 e. The van der Waals surface area contributed by atoms with E-state index in [9.17, 15) is 9.18 Å². The molecule has 0 bridgehead atoms. The summed E-state index contributed by atoms with van der Waals surface area (Å²) in [6, 6.07) is -0.519. The molecule has 0 fully saturated rings. The number of carbonyl (C=O) groups is 1. The molecule has 4 heteroatoms. The Hall–Kier alpha value is -0.640. The highest BCUT2D eigenvalue weighted by Crippen LogP contribution is 1.89. The lowest BCUT2D eigenvalue weighted by molar-refractivity contribution is -0.120. The summed E-state index contributed by atoms with van der Waals surface area (Å²) >= 11 is 0. The molecule has 1 amide bonds. The van der Waals surface area contributed by atoms with Crippen molar-refractivity contribution in [1.82, 2.24) is 5.32 Å². The third-order valence-corrected chi connectivity index (χ3v) is 1.09. The molecule has 0 aromatic carbocycles. The number of primary amides is 1. The molecule has 1 unspecified atom stereocenters. The first-order valence-corrected chi connectivity index (χ1v) is 2.75. The molecule has 0 aliphatic carbocycles. The summed E-state index contributed by atoms with van der Waals surface area (Å²) in [5.41, 5.74) is 4.87. The van der Waals surface area contributed by atoms with E-state index in [1.807, 2.05) is 0 Å². The normalized spacial score (nSPS) is 13.1. The number of carbonyl (C=O) groups excluding carboxylic acids is 1. The van der Waals surface area contributed by atoms with Crippen molar-refractivity contribution in [1.29, 1.82) is 0 Å². The molecule has 0 aliphatic heterocycles. The molecule has 0 aromatic rings. The average Bonchev–Trinajstić information content (AvgIpc) is 1.82. The predicted molar refractivity (Wildman–Crippen MR) is 32.6 cm³/mol. The van der Waals surface area contributed by atoms with E-state index < -0.39 is 18.6 Å². The zero-order valence-electron chi connectivity index (χ0n) is 5.36. The third-order valence-electron chi connectivity index (χ3n) is 1.09. The van der Waals surface area contributed by atoms with Gasteiger partial charge in [-0.3, -0.25) is 9.18 Å². The molecular weight excluding hydrogens is 123 g/mol. The number of hydrogen-bond donors (Lipinski definition) is 2. The molecule has 54 valence electrons. The summed E-state index contributed by atoms with van der Waals surface area (Å²) in [7, 11) is 1.57. The Morgan fingerprint density at radius 3 is 2.56 bits per heavy atom. The van der Waals surface area contributed by atoms with Crippen molar-refractivity contribution >= 4 is 5.91 Å². The standard InChI is InChI=1S/C5H11FN2O/c1-8-4(2-3-6)5(7)9/h4,8H,2-3H2,1H3,(H2,7,9). The fourth-order valence-corrected chi connectivity index (χ4v) is 0.538. The molecule has 0 heterocycles. The van der Waals surface area contributed by atoms with Gasteiger partial charge in [-0.25, -0.2) is 0 Å². The number of rotatable bonds is 4. The molecule has 1 atom stereocenters. The largest absolute Gasteiger partial charge is 0.368 e. The monoisotopic (exact) mass is 134 g/mol. The molecule has 0 aromatic heterocycles. The average molecular weight is 134 g/mol. The predicted octanol–water partition coefficient (Wildman–Crippen LogP) is -0.581. The van der Waals surface area contributed by atoms with Gasteiger partial charge in [-0.15, -0.1) is 0 Å². The van der Waals surface area contributed by atoms with Gasteiger partial charge < -0.3 is 11.1 Å². The molecule has 0 radical (unpaired) electrons. The van der Waals surface area contributed by atoms with E-state index in [-0.39, 0.29) is 6.42 Å². The summed E-state index contributed by atoms with van der Waals surface area (Å²) in [5.74, 6) is -0.504. The van der Waals surface area contributed by atoms with Gasteiger partial charge in [-0.05, 0) is 13.5 Å². The lowest BCUT2D eigenvalue weighted by atomic mass is 10.2. The van der Waals surface area contributed by atoms with E-state index in [4.69, 9.17) is 5.73 Å². The van der Waals surface area contributed by atoms with Crippen LogP contribution >= 0.6 is 0 Å². The van der Waals surface area contributed by atoms with E-state index in [0.717, 1.165) is 0 Å². The van der Waals surface area contributed by atoms with Gasteiger partial charge in [-0.1, -0.05) is 0 Å². The maximum absolute atomic E-state index is 11.5. The van der Waals surface area contributed by atoms with Gasteiger partial charge in [0.15, 0.2) is 0 Å². The number of hydrogen-bond acceptors (Lipinski definition) is 2. The first-order valence-electron chi connectivity index (χ1n) is 2.75. The van der Waals surface area contributed by atoms with Crippen LogP contribution in [0.1, 0.15) is 6.42 Å². The molecule has 0 saturated carbocycles. The summed E-state index contributed by atoms with van der Waals surface area (Å²) in [6.45, 7) is -0.519. The van der Waals surface area contributed by atoms with Crippen LogP contribution in [0.25, 0.3) is 0 Å². The summed E-state index contributed by atoms with van der Waals surface area (Å²) in [4.78, 5) is 10.3. The van der Waals surface area contributed by atoms with Crippen molar-refractivity contribution < 1.29 is 9.18 Å². The Morgan fingerprint density at radius 2 is 2.44 bits per heavy atom. The molecule has 0 rings (SSSR count). The number of nitrogens with one attached hydrogen (secondary N) is 1. The summed E-state index contributed by atoms with van der Waals surface area (Å²) in [5, 5.41) is 2.59. The van der Waals surface area contributed by atoms with Crippen LogP contribution in [0.15, 0.2) is 0 Å². The van der Waals surface area contributed by atoms with Crippen LogP contribution in [0.4, 0.5) is 4.39 Å². The minimum atomic E-state index is -0.519. The Balaban J connectivity index is 3.54. The van der Waals surface area contributed by atoms with E-state index in [0.29, 0.717) is 0 Å². The Kier molecular flexibility index (Phi) is 3.96. The van der Waals surface area contributed by atoms with Crippen LogP contribution in [0.5, 0.6) is 0 Å². The van der Waals surface area contributed by atoms with Crippen LogP contribution in [0.2, 0.25) is 0 Å². The maximum Gasteiger partial charge on any atom is 0.234 e. The first kappa shape index (κ1) is 8.36. The van der Waals surface area contributed by atoms with Crippen molar-refractivity contribution in [3.8, 4) is 0 Å². The summed E-state index contributed by atoms with van der Waals surface area (Å²) < 4.78 is 11.5. The quantitative estimate of drug-likeness (QED) is 0.540. The number of amides is 1. The Morgan fingerprint density at radius 1 is 1.89 bits per heavy atom. The van der Waals surface area contributed by atoms with Crippen LogP contribution < -0.4 is 11.1 Å². The number of alkyl halides is 1. The van der Waals surface area contributed by atoms with Gasteiger partial charge in [0.1, 0.15) is 0 Å². The highest BCUT2D eigenvalue weighted by atomic mass is 19.1. The van der Waals surface area contributed by atoms with Crippen LogP contribution in [-0.2, 0) is 4.79 Å². The van der Waals surface area contributed by atoms with Crippen LogP contribution in [0.3, 0.4) is 0 Å². The first-order chi connectivity index (χ1) is 4.22. The zero-order chi connectivity index (χ0) is 7.28. The van der Waals surface area contributed by atoms with Gasteiger partial charge in [0.2, 0.25) is 5.91 Å². The molecular formula is C5H11FN2O. The minimum absolute atomic E-state index is 0.159. The Bertz CT molecular complexity index is 97.0. The molecule has 3 N–H and O–H groups in total. The molecule has 9 heavy (non-hydrogen) atoms. The second-order valence-electron chi connectivity index (χ2n) is 1.72. The lowest BCUT2D eigenvalue weighted by Crippen LogP contribution is -2.39. The van der Waals surface area contributed by atoms with Gasteiger partial charge >= 0.3 is 0 Å². The van der Waals surface area contributed by atoms with Crippen molar-refractivity contribution in [2.45, 2.75) is 12.5 Å². The molecule has 0 saturated heterocycles. The highest BCUT2D eigenvalue weighted by Gasteiger charge is 2.10. The highest BCUT2D eigenvalue weighted by molar-refractivity contribution is 5.79. The van der Waals surface area contributed by atoms with E-state index >= 15 is 0 Å². The molecule has 3 nitrogen and oxygen atoms in total. The van der Waals surface area contributed by atoms with Gasteiger partial charge in [0.25, 0.3) is 0 Å². The van der Waals surface area contributed by atoms with Crippen molar-refractivity contribution in [2.75, 3.05) is 13.7 Å². The van der Waals surface area contributed by atoms with Crippen molar-refractivity contribution in [2.24, 2.45) is 5.73 Å². The second-order valence-corrected chi connectivity index (χ2v) is 1.72. The van der Waals surface area contributed by atoms with E-state index in [2.05, 4.69) is 5.32 Å². The van der Waals surface area contributed by atoms with E-state index in [1.54, 1.807) is 7.05 Å². The maximum atomic E-state index is 11.5. The molecule has 0 aliphatic rings. The number of likely N-dealkylation sites (N-methyl/N-ethyl adjacent to an activating group) is 1. The minimum Gasteiger partial charge on any atom is -0.368 e. The van der Waals surface area contributed by atoms with Crippen molar-refractivity contribution in [3.63, 3.8) is 0 Å². The van der Waals surface area contributed by atoms with Crippen LogP contribution in [0, 0.1) is 0 Å². The SMILES string of the molecule is CNC(CCF)C(N)=O. The topological polar surface area (TPSA) is 55.1 Å². The number of nitrogens with two attached hydrogens (primary N) is 1. The summed E-state index contributed by atoms with van der Waals surface area (Å²) in [6.07, 6.45) is 0.159. The zero-order valence-corrected chi connectivity index (χ0v) is 5.36. The Labute approximate surface area is 53.4 Å². The van der Waals surface area contributed by atoms with Crippen molar-refractivity contribution in [3.05, 3.63) is 0 Å². The number of halogens is 1. The van der Waals surface area contributed by atoms with E-state index in [1.165, 1.54) is 0 Å². The van der Waals surface area contributed by atoms with Gasteiger partial charge in [0.05, 0.1) is 12.7 Å². The van der Waals surface area contributed by atoms with Gasteiger partial charge in [-0.2, -0.15) is 0 Å². The fourth-order valence-electron chi connectivity index (χ4n) is 0.538. The van der Waals surface area contributed by atoms with Gasteiger partial charge in [0, 0.05) is 0 Å². The second kappa shape index (κ2) is 4.26. The molecule has 0 spiro atoms. The lowest BCUT2D eigenvalue weighted by Gasteiger charge is -2.07. The third kappa shape index (κ3) is 3.03. The van der Waals surface area contributed by atoms with Crippen LogP contribution in [-0.4, -0.2) is 25.7 Å².